The highest BCUT2D eigenvalue weighted by Crippen LogP contribution is 2.62. The summed E-state index contributed by atoms with van der Waals surface area (Å²) in [5.74, 6) is 1.98. The number of carbonyl (C=O) groups excluding carboxylic acids is 1. The molecule has 2 aliphatic carbocycles. The van der Waals surface area contributed by atoms with Crippen LogP contribution in [0.5, 0.6) is 0 Å². The second-order valence-electron chi connectivity index (χ2n) is 9.02. The SMILES string of the molecule is CCN(Cc1ccccc1)c1nc(CNC(=O)C2CC23CCCC3)nc2ccccc12. The number of benzene rings is 2. The molecule has 0 bridgehead atoms. The first-order valence-electron chi connectivity index (χ1n) is 11.5. The summed E-state index contributed by atoms with van der Waals surface area (Å²) >= 11 is 0. The largest absolute Gasteiger partial charge is 0.352 e. The normalized spacial score (nSPS) is 18.9. The minimum Gasteiger partial charge on any atom is -0.352 e. The van der Waals surface area contributed by atoms with Crippen molar-refractivity contribution in [1.82, 2.24) is 15.3 Å². The molecule has 1 spiro atoms. The van der Waals surface area contributed by atoms with E-state index in [9.17, 15) is 4.79 Å². The maximum absolute atomic E-state index is 12.7. The predicted octanol–water partition coefficient (Wildman–Crippen LogP) is 4.85. The Morgan fingerprint density at radius 3 is 2.58 bits per heavy atom. The fourth-order valence-corrected chi connectivity index (χ4v) is 5.21. The zero-order valence-electron chi connectivity index (χ0n) is 18.2. The Hall–Kier alpha value is -2.95. The smallest absolute Gasteiger partial charge is 0.224 e. The summed E-state index contributed by atoms with van der Waals surface area (Å²) in [4.78, 5) is 24.7. The Morgan fingerprint density at radius 1 is 1.06 bits per heavy atom. The first-order valence-corrected chi connectivity index (χ1v) is 11.5. The highest BCUT2D eigenvalue weighted by molar-refractivity contribution is 5.89. The van der Waals surface area contributed by atoms with Crippen LogP contribution < -0.4 is 10.2 Å². The number of hydrogen-bond donors (Lipinski definition) is 1. The Bertz CT molecular complexity index is 1080. The molecule has 5 heteroatoms. The van der Waals surface area contributed by atoms with Gasteiger partial charge in [0.05, 0.1) is 12.1 Å². The molecule has 2 fully saturated rings. The summed E-state index contributed by atoms with van der Waals surface area (Å²) in [7, 11) is 0. The molecule has 1 N–H and O–H groups in total. The Balaban J connectivity index is 1.37. The van der Waals surface area contributed by atoms with Gasteiger partial charge in [-0.3, -0.25) is 4.79 Å². The van der Waals surface area contributed by atoms with Crippen LogP contribution in [0.3, 0.4) is 0 Å². The standard InChI is InChI=1S/C26H30N4O/c1-2-30(18-19-10-4-3-5-11-19)24-20-12-6-7-13-22(20)28-23(29-24)17-27-25(31)21-16-26(21)14-8-9-15-26/h3-7,10-13,21H,2,8-9,14-18H2,1H3,(H,27,31). The zero-order valence-corrected chi connectivity index (χ0v) is 18.2. The van der Waals surface area contributed by atoms with E-state index in [0.717, 1.165) is 36.2 Å². The molecule has 1 amide bonds. The van der Waals surface area contributed by atoms with Crippen LogP contribution in [0.25, 0.3) is 10.9 Å². The first-order chi connectivity index (χ1) is 15.2. The van der Waals surface area contributed by atoms with Crippen molar-refractivity contribution in [1.29, 1.82) is 0 Å². The number of fused-ring (bicyclic) bond motifs is 1. The third-order valence-corrected chi connectivity index (χ3v) is 7.05. The number of hydrogen-bond acceptors (Lipinski definition) is 4. The molecule has 2 aliphatic rings. The second kappa shape index (κ2) is 8.29. The average molecular weight is 415 g/mol. The average Bonchev–Trinajstić information content (AvgIpc) is 3.32. The van der Waals surface area contributed by atoms with Crippen molar-refractivity contribution in [2.45, 2.75) is 52.1 Å². The van der Waals surface area contributed by atoms with Gasteiger partial charge in [0.1, 0.15) is 5.82 Å². The number of amides is 1. The fourth-order valence-electron chi connectivity index (χ4n) is 5.21. The van der Waals surface area contributed by atoms with Gasteiger partial charge >= 0.3 is 0 Å². The number of nitrogens with zero attached hydrogens (tertiary/aromatic N) is 3. The molecule has 2 saturated carbocycles. The van der Waals surface area contributed by atoms with E-state index in [1.807, 2.05) is 24.3 Å². The number of para-hydroxylation sites is 1. The monoisotopic (exact) mass is 414 g/mol. The van der Waals surface area contributed by atoms with Crippen molar-refractivity contribution in [2.75, 3.05) is 11.4 Å². The molecule has 1 unspecified atom stereocenters. The van der Waals surface area contributed by atoms with E-state index in [-0.39, 0.29) is 11.8 Å². The number of rotatable bonds is 7. The van der Waals surface area contributed by atoms with Crippen molar-refractivity contribution >= 4 is 22.6 Å². The van der Waals surface area contributed by atoms with Crippen LogP contribution in [0.15, 0.2) is 54.6 Å². The summed E-state index contributed by atoms with van der Waals surface area (Å²) < 4.78 is 0. The first kappa shape index (κ1) is 20.0. The van der Waals surface area contributed by atoms with Crippen molar-refractivity contribution in [3.63, 3.8) is 0 Å². The van der Waals surface area contributed by atoms with Gasteiger partial charge in [0.2, 0.25) is 5.91 Å². The van der Waals surface area contributed by atoms with E-state index in [1.54, 1.807) is 0 Å². The zero-order chi connectivity index (χ0) is 21.3. The van der Waals surface area contributed by atoms with Gasteiger partial charge in [-0.15, -0.1) is 0 Å². The summed E-state index contributed by atoms with van der Waals surface area (Å²) in [5, 5.41) is 4.17. The summed E-state index contributed by atoms with van der Waals surface area (Å²) in [6.07, 6.45) is 6.03. The molecule has 1 heterocycles. The molecular weight excluding hydrogens is 384 g/mol. The molecular formula is C26H30N4O. The topological polar surface area (TPSA) is 58.1 Å². The third kappa shape index (κ3) is 4.01. The van der Waals surface area contributed by atoms with Gasteiger partial charge in [-0.2, -0.15) is 0 Å². The molecule has 5 rings (SSSR count). The molecule has 2 aromatic carbocycles. The maximum atomic E-state index is 12.7. The molecule has 0 saturated heterocycles. The highest BCUT2D eigenvalue weighted by Gasteiger charge is 2.58. The van der Waals surface area contributed by atoms with Crippen LogP contribution in [0.1, 0.15) is 50.4 Å². The van der Waals surface area contributed by atoms with Gasteiger partial charge in [-0.25, -0.2) is 9.97 Å². The molecule has 0 radical (unpaired) electrons. The van der Waals surface area contributed by atoms with Crippen molar-refractivity contribution < 1.29 is 4.79 Å². The lowest BCUT2D eigenvalue weighted by Gasteiger charge is -2.24. The number of nitrogens with one attached hydrogen (secondary N) is 1. The fraction of sp³-hybridized carbons (Fsp3) is 0.423. The quantitative estimate of drug-likeness (QED) is 0.600. The van der Waals surface area contributed by atoms with Gasteiger partial charge in [0, 0.05) is 24.4 Å². The molecule has 160 valence electrons. The molecule has 1 aromatic heterocycles. The number of carbonyl (C=O) groups is 1. The van der Waals surface area contributed by atoms with E-state index in [4.69, 9.17) is 9.97 Å². The molecule has 0 aliphatic heterocycles. The molecule has 5 nitrogen and oxygen atoms in total. The lowest BCUT2D eigenvalue weighted by Crippen LogP contribution is -2.28. The summed E-state index contributed by atoms with van der Waals surface area (Å²) in [6, 6.07) is 18.6. The van der Waals surface area contributed by atoms with Crippen LogP contribution in [-0.4, -0.2) is 22.4 Å². The van der Waals surface area contributed by atoms with Crippen molar-refractivity contribution in [3.05, 3.63) is 66.0 Å². The lowest BCUT2D eigenvalue weighted by molar-refractivity contribution is -0.123. The van der Waals surface area contributed by atoms with Crippen LogP contribution in [-0.2, 0) is 17.9 Å². The van der Waals surface area contributed by atoms with Crippen LogP contribution >= 0.6 is 0 Å². The molecule has 3 aromatic rings. The number of anilines is 1. The number of aromatic nitrogens is 2. The Labute approximate surface area is 183 Å². The van der Waals surface area contributed by atoms with Gasteiger partial charge in [0.25, 0.3) is 0 Å². The van der Waals surface area contributed by atoms with Gasteiger partial charge < -0.3 is 10.2 Å². The van der Waals surface area contributed by atoms with E-state index in [0.29, 0.717) is 17.8 Å². The van der Waals surface area contributed by atoms with Crippen LogP contribution in [0.4, 0.5) is 5.82 Å². The van der Waals surface area contributed by atoms with E-state index < -0.39 is 0 Å². The van der Waals surface area contributed by atoms with Crippen molar-refractivity contribution in [3.8, 4) is 0 Å². The van der Waals surface area contributed by atoms with Gasteiger partial charge in [-0.05, 0) is 49.3 Å². The van der Waals surface area contributed by atoms with Crippen LogP contribution in [0.2, 0.25) is 0 Å². The minimum atomic E-state index is 0.178. The lowest BCUT2D eigenvalue weighted by atomic mass is 10.0. The predicted molar refractivity (Wildman–Crippen MR) is 124 cm³/mol. The van der Waals surface area contributed by atoms with E-state index in [2.05, 4.69) is 47.5 Å². The van der Waals surface area contributed by atoms with Crippen molar-refractivity contribution in [2.24, 2.45) is 11.3 Å². The Morgan fingerprint density at radius 2 is 1.81 bits per heavy atom. The van der Waals surface area contributed by atoms with Gasteiger partial charge in [0.15, 0.2) is 5.82 Å². The third-order valence-electron chi connectivity index (χ3n) is 7.05. The Kier molecular flexibility index (Phi) is 5.34. The van der Waals surface area contributed by atoms with E-state index in [1.165, 1.54) is 31.2 Å². The highest BCUT2D eigenvalue weighted by atomic mass is 16.2. The summed E-state index contributed by atoms with van der Waals surface area (Å²) in [5.41, 5.74) is 2.48. The maximum Gasteiger partial charge on any atom is 0.224 e. The molecule has 1 atom stereocenters. The summed E-state index contributed by atoms with van der Waals surface area (Å²) in [6.45, 7) is 4.16. The molecule has 31 heavy (non-hydrogen) atoms. The second-order valence-corrected chi connectivity index (χ2v) is 9.02. The van der Waals surface area contributed by atoms with Crippen LogP contribution in [0, 0.1) is 11.3 Å². The van der Waals surface area contributed by atoms with Gasteiger partial charge in [-0.1, -0.05) is 55.3 Å². The minimum absolute atomic E-state index is 0.178. The van der Waals surface area contributed by atoms with E-state index >= 15 is 0 Å².